The summed E-state index contributed by atoms with van der Waals surface area (Å²) in [7, 11) is 1.36. The van der Waals surface area contributed by atoms with Crippen molar-refractivity contribution in [1.29, 1.82) is 0 Å². The van der Waals surface area contributed by atoms with Gasteiger partial charge in [-0.3, -0.25) is 0 Å². The minimum absolute atomic E-state index is 0.252. The summed E-state index contributed by atoms with van der Waals surface area (Å²) in [5, 5.41) is 5.05. The highest BCUT2D eigenvalue weighted by Gasteiger charge is 2.32. The van der Waals surface area contributed by atoms with Gasteiger partial charge in [0.25, 0.3) is 0 Å². The van der Waals surface area contributed by atoms with E-state index in [0.717, 1.165) is 16.9 Å². The molecular weight excluding hydrogens is 459 g/mol. The Hall–Kier alpha value is -3.36. The summed E-state index contributed by atoms with van der Waals surface area (Å²) in [5.41, 5.74) is 3.23. The number of amides is 1. The lowest BCUT2D eigenvalue weighted by Gasteiger charge is -2.34. The van der Waals surface area contributed by atoms with Crippen LogP contribution in [0, 0.1) is 12.7 Å². The van der Waals surface area contributed by atoms with Crippen molar-refractivity contribution in [3.05, 3.63) is 63.4 Å². The molecule has 176 valence electrons. The number of morpholine rings is 1. The molecule has 0 aliphatic carbocycles. The van der Waals surface area contributed by atoms with E-state index in [1.807, 2.05) is 30.0 Å². The molecule has 1 fully saturated rings. The van der Waals surface area contributed by atoms with Gasteiger partial charge in [0.2, 0.25) is 0 Å². The SMILES string of the molecule is C=c1ccc2c(Cl)c(=C3Nc4cc(C)ccc4N3C[C@H]3CN(C(=O)OC)CCO3)c(F)cc2n1. The van der Waals surface area contributed by atoms with E-state index >= 15 is 4.39 Å². The molecule has 1 aromatic heterocycles. The molecule has 0 unspecified atom stereocenters. The van der Waals surface area contributed by atoms with Gasteiger partial charge in [0.1, 0.15) is 11.6 Å². The molecular formula is C25H24ClFN4O3. The second-order valence-electron chi connectivity index (χ2n) is 8.43. The lowest BCUT2D eigenvalue weighted by molar-refractivity contribution is -0.0193. The average molecular weight is 483 g/mol. The summed E-state index contributed by atoms with van der Waals surface area (Å²) in [5.74, 6) is 0.0240. The number of aryl methyl sites for hydroxylation is 1. The van der Waals surface area contributed by atoms with E-state index in [1.54, 1.807) is 17.0 Å². The maximum absolute atomic E-state index is 15.5. The number of anilines is 2. The molecule has 2 aromatic carbocycles. The number of nitrogens with one attached hydrogen (secondary N) is 1. The van der Waals surface area contributed by atoms with E-state index in [9.17, 15) is 4.79 Å². The van der Waals surface area contributed by atoms with E-state index < -0.39 is 11.9 Å². The van der Waals surface area contributed by atoms with Crippen molar-refractivity contribution in [2.75, 3.05) is 43.6 Å². The standard InChI is InChI=1S/C25H24ClFN4O3/c1-14-4-7-21-20(10-14)29-24(31(21)13-16-12-30(8-9-34-16)25(32)33-3)22-18(27)11-19-17(23(22)26)6-5-15(2)28-19/h4-7,10-11,16,29H,2,8-9,12-13H2,1,3H3/t16-/m1/s1. The van der Waals surface area contributed by atoms with Crippen LogP contribution in [0.3, 0.4) is 0 Å². The highest BCUT2D eigenvalue weighted by atomic mass is 35.5. The second-order valence-corrected chi connectivity index (χ2v) is 8.81. The summed E-state index contributed by atoms with van der Waals surface area (Å²) in [6.07, 6.45) is -0.705. The maximum Gasteiger partial charge on any atom is 0.409 e. The van der Waals surface area contributed by atoms with Crippen LogP contribution in [0.1, 0.15) is 5.56 Å². The van der Waals surface area contributed by atoms with Crippen molar-refractivity contribution in [1.82, 2.24) is 9.88 Å². The predicted octanol–water partition coefficient (Wildman–Crippen LogP) is 3.21. The fourth-order valence-electron chi connectivity index (χ4n) is 4.48. The minimum Gasteiger partial charge on any atom is -0.453 e. The Labute approximate surface area is 201 Å². The van der Waals surface area contributed by atoms with Crippen LogP contribution in [0.25, 0.3) is 23.3 Å². The van der Waals surface area contributed by atoms with Crippen molar-refractivity contribution < 1.29 is 18.7 Å². The summed E-state index contributed by atoms with van der Waals surface area (Å²) < 4.78 is 26.3. The molecule has 5 rings (SSSR count). The molecule has 1 atom stereocenters. The van der Waals surface area contributed by atoms with Gasteiger partial charge in [0.05, 0.1) is 65.4 Å². The molecule has 9 heteroatoms. The van der Waals surface area contributed by atoms with Crippen molar-refractivity contribution >= 4 is 52.4 Å². The van der Waals surface area contributed by atoms with Crippen LogP contribution in [0.15, 0.2) is 36.4 Å². The third-order valence-corrected chi connectivity index (χ3v) is 6.49. The molecule has 1 N–H and O–H groups in total. The van der Waals surface area contributed by atoms with Gasteiger partial charge in [-0.25, -0.2) is 14.2 Å². The molecule has 3 aromatic rings. The van der Waals surface area contributed by atoms with E-state index in [4.69, 9.17) is 21.1 Å². The molecule has 34 heavy (non-hydrogen) atoms. The lowest BCUT2D eigenvalue weighted by Crippen LogP contribution is -2.49. The number of hydrogen-bond acceptors (Lipinski definition) is 6. The predicted molar refractivity (Wildman–Crippen MR) is 131 cm³/mol. The summed E-state index contributed by atoms with van der Waals surface area (Å²) in [4.78, 5) is 19.9. The Morgan fingerprint density at radius 1 is 1.35 bits per heavy atom. The Kier molecular flexibility index (Phi) is 5.79. The Balaban J connectivity index is 1.63. The van der Waals surface area contributed by atoms with Gasteiger partial charge in [-0.2, -0.15) is 0 Å². The fraction of sp³-hybridized carbons (Fsp3) is 0.280. The molecule has 0 spiro atoms. The van der Waals surface area contributed by atoms with Crippen molar-refractivity contribution in [2.24, 2.45) is 0 Å². The second kappa shape index (κ2) is 8.77. The largest absolute Gasteiger partial charge is 0.453 e. The van der Waals surface area contributed by atoms with E-state index in [1.165, 1.54) is 13.2 Å². The zero-order valence-corrected chi connectivity index (χ0v) is 19.7. The van der Waals surface area contributed by atoms with E-state index in [2.05, 4.69) is 16.9 Å². The van der Waals surface area contributed by atoms with Crippen LogP contribution in [0.2, 0.25) is 5.02 Å². The third-order valence-electron chi connectivity index (χ3n) is 6.10. The van der Waals surface area contributed by atoms with Crippen molar-refractivity contribution in [3.8, 4) is 0 Å². The molecule has 1 saturated heterocycles. The molecule has 1 amide bonds. The number of carbonyl (C=O) groups excluding carboxylic acids is 1. The first-order chi connectivity index (χ1) is 16.4. The van der Waals surface area contributed by atoms with Crippen LogP contribution in [0.5, 0.6) is 0 Å². The van der Waals surface area contributed by atoms with Gasteiger partial charge in [-0.05, 0) is 36.8 Å². The van der Waals surface area contributed by atoms with Crippen molar-refractivity contribution in [3.63, 3.8) is 0 Å². The zero-order valence-electron chi connectivity index (χ0n) is 18.9. The summed E-state index contributed by atoms with van der Waals surface area (Å²) >= 11 is 6.76. The summed E-state index contributed by atoms with van der Waals surface area (Å²) in [6, 6.07) is 10.9. The van der Waals surface area contributed by atoms with E-state index in [-0.39, 0.29) is 16.3 Å². The average Bonchev–Trinajstić information content (AvgIpc) is 3.15. The number of aromatic nitrogens is 1. The molecule has 0 radical (unpaired) electrons. The Bertz CT molecular complexity index is 1410. The van der Waals surface area contributed by atoms with Gasteiger partial charge in [-0.1, -0.05) is 24.2 Å². The first-order valence-electron chi connectivity index (χ1n) is 10.9. The number of pyridine rings is 1. The highest BCUT2D eigenvalue weighted by molar-refractivity contribution is 6.35. The number of halogens is 2. The molecule has 7 nitrogen and oxygen atoms in total. The molecule has 2 aliphatic rings. The first-order valence-corrected chi connectivity index (χ1v) is 11.3. The number of rotatable bonds is 2. The van der Waals surface area contributed by atoms with Gasteiger partial charge in [-0.15, -0.1) is 0 Å². The molecule has 3 heterocycles. The van der Waals surface area contributed by atoms with Crippen LogP contribution in [-0.2, 0) is 9.47 Å². The minimum atomic E-state index is -0.492. The molecule has 0 saturated carbocycles. The number of methoxy groups -OCH3 is 1. The van der Waals surface area contributed by atoms with Gasteiger partial charge in [0.15, 0.2) is 0 Å². The number of fused-ring (bicyclic) bond motifs is 2. The van der Waals surface area contributed by atoms with Gasteiger partial charge in [0, 0.05) is 18.0 Å². The molecule has 0 bridgehead atoms. The number of nitrogens with zero attached hydrogens (tertiary/aromatic N) is 3. The molecule has 2 aliphatic heterocycles. The zero-order chi connectivity index (χ0) is 24.0. The number of hydrogen-bond donors (Lipinski definition) is 1. The number of benzene rings is 2. The normalized spacial score (nSPS) is 19.2. The summed E-state index contributed by atoms with van der Waals surface area (Å²) in [6.45, 7) is 7.40. The topological polar surface area (TPSA) is 66.9 Å². The van der Waals surface area contributed by atoms with Gasteiger partial charge >= 0.3 is 6.09 Å². The maximum atomic E-state index is 15.5. The van der Waals surface area contributed by atoms with Crippen LogP contribution in [0.4, 0.5) is 20.6 Å². The quantitative estimate of drug-likeness (QED) is 0.605. The smallest absolute Gasteiger partial charge is 0.409 e. The van der Waals surface area contributed by atoms with E-state index in [0.29, 0.717) is 48.3 Å². The fourth-order valence-corrected chi connectivity index (χ4v) is 4.82. The lowest BCUT2D eigenvalue weighted by atomic mass is 10.1. The van der Waals surface area contributed by atoms with Crippen LogP contribution < -0.4 is 20.8 Å². The van der Waals surface area contributed by atoms with Crippen LogP contribution >= 0.6 is 11.6 Å². The Morgan fingerprint density at radius 2 is 2.18 bits per heavy atom. The Morgan fingerprint density at radius 3 is 2.97 bits per heavy atom. The number of ether oxygens (including phenoxy) is 2. The van der Waals surface area contributed by atoms with Crippen molar-refractivity contribution in [2.45, 2.75) is 13.0 Å². The highest BCUT2D eigenvalue weighted by Crippen LogP contribution is 2.38. The van der Waals surface area contributed by atoms with Gasteiger partial charge < -0.3 is 24.6 Å². The number of carbonyl (C=O) groups is 1. The monoisotopic (exact) mass is 482 g/mol. The third kappa shape index (κ3) is 3.93. The van der Waals surface area contributed by atoms with Crippen LogP contribution in [-0.4, -0.2) is 55.4 Å². The first kappa shape index (κ1) is 22.4.